The topological polar surface area (TPSA) is 33.0 Å². The van der Waals surface area contributed by atoms with Crippen LogP contribution < -0.4 is 0 Å². The van der Waals surface area contributed by atoms with Crippen LogP contribution in [0.25, 0.3) is 11.0 Å². The van der Waals surface area contributed by atoms with Gasteiger partial charge in [-0.15, -0.1) is 0 Å². The highest BCUT2D eigenvalue weighted by Crippen LogP contribution is 2.29. The van der Waals surface area contributed by atoms with Gasteiger partial charge in [0.1, 0.15) is 12.2 Å². The quantitative estimate of drug-likeness (QED) is 0.695. The standard InChI is InChI=1S/C9H5ClFO2/c10-7-2-1-5(4-12)9-6(7)3-8(11)13-9/h1-3H,4H2. The van der Waals surface area contributed by atoms with Crippen LogP contribution >= 0.6 is 11.6 Å². The van der Waals surface area contributed by atoms with E-state index in [1.54, 1.807) is 12.1 Å². The van der Waals surface area contributed by atoms with Gasteiger partial charge < -0.3 is 4.42 Å². The van der Waals surface area contributed by atoms with Crippen molar-refractivity contribution >= 4 is 22.6 Å². The molecule has 0 N–H and O–H groups in total. The first-order valence-electron chi connectivity index (χ1n) is 3.67. The third-order valence-electron chi connectivity index (χ3n) is 1.84. The van der Waals surface area contributed by atoms with Gasteiger partial charge in [-0.1, -0.05) is 17.7 Å². The van der Waals surface area contributed by atoms with E-state index in [2.05, 4.69) is 0 Å². The molecule has 4 heteroatoms. The first-order chi connectivity index (χ1) is 6.22. The van der Waals surface area contributed by atoms with Gasteiger partial charge in [0.2, 0.25) is 0 Å². The molecule has 2 nitrogen and oxygen atoms in total. The van der Waals surface area contributed by atoms with Crippen molar-refractivity contribution in [3.63, 3.8) is 0 Å². The summed E-state index contributed by atoms with van der Waals surface area (Å²) in [6.45, 7) is -0.444. The van der Waals surface area contributed by atoms with Crippen molar-refractivity contribution in [1.29, 1.82) is 0 Å². The maximum atomic E-state index is 12.7. The molecular weight excluding hydrogens is 195 g/mol. The lowest BCUT2D eigenvalue weighted by Crippen LogP contribution is -1.81. The number of rotatable bonds is 1. The first-order valence-corrected chi connectivity index (χ1v) is 4.04. The third kappa shape index (κ3) is 1.30. The van der Waals surface area contributed by atoms with Gasteiger partial charge in [-0.3, -0.25) is 0 Å². The molecule has 1 aromatic heterocycles. The van der Waals surface area contributed by atoms with E-state index >= 15 is 0 Å². The van der Waals surface area contributed by atoms with Gasteiger partial charge in [0.15, 0.2) is 0 Å². The maximum Gasteiger partial charge on any atom is 0.278 e. The molecule has 0 saturated heterocycles. The van der Waals surface area contributed by atoms with Crippen LogP contribution in [0.5, 0.6) is 0 Å². The molecule has 1 heterocycles. The van der Waals surface area contributed by atoms with Crippen LogP contribution in [0.2, 0.25) is 5.02 Å². The average Bonchev–Trinajstić information content (AvgIpc) is 2.48. The summed E-state index contributed by atoms with van der Waals surface area (Å²) in [5.74, 6) is 0. The summed E-state index contributed by atoms with van der Waals surface area (Å²) in [5.41, 5.74) is 0.670. The molecular formula is C9H5ClFO2. The molecule has 2 rings (SSSR count). The molecule has 0 spiro atoms. The number of fused-ring (bicyclic) bond motifs is 1. The van der Waals surface area contributed by atoms with Crippen molar-refractivity contribution in [1.82, 2.24) is 0 Å². The predicted molar refractivity (Wildman–Crippen MR) is 45.6 cm³/mol. The lowest BCUT2D eigenvalue weighted by Gasteiger charge is -1.96. The Hall–Kier alpha value is -1.06. The highest BCUT2D eigenvalue weighted by Gasteiger charge is 2.10. The summed E-state index contributed by atoms with van der Waals surface area (Å²) in [7, 11) is 0. The average molecular weight is 200 g/mol. The van der Waals surface area contributed by atoms with Crippen LogP contribution in [0.1, 0.15) is 5.56 Å². The molecule has 13 heavy (non-hydrogen) atoms. The van der Waals surface area contributed by atoms with Crippen molar-refractivity contribution in [2.75, 3.05) is 0 Å². The van der Waals surface area contributed by atoms with Crippen LogP contribution in [0.4, 0.5) is 4.39 Å². The van der Waals surface area contributed by atoms with Crippen LogP contribution in [-0.4, -0.2) is 0 Å². The van der Waals surface area contributed by atoms with Crippen molar-refractivity contribution in [3.05, 3.63) is 34.8 Å². The molecule has 1 radical (unpaired) electrons. The smallest absolute Gasteiger partial charge is 0.278 e. The Kier molecular flexibility index (Phi) is 1.98. The van der Waals surface area contributed by atoms with Gasteiger partial charge in [0, 0.05) is 17.0 Å². The second kappa shape index (κ2) is 3.01. The minimum Gasteiger partial charge on any atom is -0.431 e. The van der Waals surface area contributed by atoms with Crippen molar-refractivity contribution < 1.29 is 13.9 Å². The zero-order chi connectivity index (χ0) is 9.42. The fourth-order valence-corrected chi connectivity index (χ4v) is 1.43. The molecule has 0 unspecified atom stereocenters. The van der Waals surface area contributed by atoms with Crippen LogP contribution in [0.3, 0.4) is 0 Å². The maximum absolute atomic E-state index is 12.7. The summed E-state index contributed by atoms with van der Waals surface area (Å²) >= 11 is 5.77. The Morgan fingerprint density at radius 1 is 1.46 bits per heavy atom. The predicted octanol–water partition coefficient (Wildman–Crippen LogP) is 3.16. The van der Waals surface area contributed by atoms with Gasteiger partial charge in [0.05, 0.1) is 5.02 Å². The van der Waals surface area contributed by atoms with E-state index in [1.165, 1.54) is 6.07 Å². The molecule has 0 bridgehead atoms. The summed E-state index contributed by atoms with van der Waals surface area (Å²) in [6.07, 6.45) is 0. The minimum atomic E-state index is -0.724. The van der Waals surface area contributed by atoms with Gasteiger partial charge in [-0.2, -0.15) is 4.39 Å². The molecule has 0 aliphatic heterocycles. The molecule has 0 aliphatic rings. The van der Waals surface area contributed by atoms with Crippen molar-refractivity contribution in [2.45, 2.75) is 6.61 Å². The van der Waals surface area contributed by atoms with Gasteiger partial charge in [-0.25, -0.2) is 5.11 Å². The largest absolute Gasteiger partial charge is 0.431 e. The number of hydrogen-bond donors (Lipinski definition) is 0. The van der Waals surface area contributed by atoms with E-state index < -0.39 is 12.6 Å². The van der Waals surface area contributed by atoms with E-state index in [0.717, 1.165) is 0 Å². The zero-order valence-corrected chi connectivity index (χ0v) is 7.27. The monoisotopic (exact) mass is 199 g/mol. The van der Waals surface area contributed by atoms with Crippen LogP contribution in [0, 0.1) is 6.01 Å². The van der Waals surface area contributed by atoms with Crippen molar-refractivity contribution in [3.8, 4) is 0 Å². The van der Waals surface area contributed by atoms with Crippen molar-refractivity contribution in [2.24, 2.45) is 0 Å². The van der Waals surface area contributed by atoms with E-state index in [9.17, 15) is 9.50 Å². The highest BCUT2D eigenvalue weighted by molar-refractivity contribution is 6.35. The Morgan fingerprint density at radius 3 is 2.92 bits per heavy atom. The van der Waals surface area contributed by atoms with E-state index in [1.807, 2.05) is 0 Å². The molecule has 0 amide bonds. The van der Waals surface area contributed by atoms with Gasteiger partial charge in [-0.05, 0) is 6.07 Å². The fourth-order valence-electron chi connectivity index (χ4n) is 1.23. The highest BCUT2D eigenvalue weighted by atomic mass is 35.5. The summed E-state index contributed by atoms with van der Waals surface area (Å²) < 4.78 is 17.4. The van der Waals surface area contributed by atoms with E-state index in [4.69, 9.17) is 16.0 Å². The van der Waals surface area contributed by atoms with Crippen LogP contribution in [0.15, 0.2) is 22.6 Å². The van der Waals surface area contributed by atoms with Crippen LogP contribution in [-0.2, 0) is 11.7 Å². The molecule has 0 aliphatic carbocycles. The number of halogens is 2. The summed E-state index contributed by atoms with van der Waals surface area (Å²) in [5, 5.41) is 11.5. The number of furan rings is 1. The molecule has 2 aromatic rings. The Labute approximate surface area is 78.5 Å². The lowest BCUT2D eigenvalue weighted by atomic mass is 10.2. The molecule has 0 fully saturated rings. The summed E-state index contributed by atoms with van der Waals surface area (Å²) in [6, 6.07) is 3.56. The fraction of sp³-hybridized carbons (Fsp3) is 0.111. The Morgan fingerprint density at radius 2 is 2.23 bits per heavy atom. The zero-order valence-electron chi connectivity index (χ0n) is 6.51. The molecule has 67 valence electrons. The third-order valence-corrected chi connectivity index (χ3v) is 2.17. The van der Waals surface area contributed by atoms with E-state index in [0.29, 0.717) is 16.0 Å². The lowest BCUT2D eigenvalue weighted by molar-refractivity contribution is 0.177. The number of hydrogen-bond acceptors (Lipinski definition) is 1. The normalized spacial score (nSPS) is 11.0. The Balaban J connectivity index is 2.83. The SMILES string of the molecule is [O]Cc1ccc(Cl)c2cc(F)oc12. The van der Waals surface area contributed by atoms with Gasteiger partial charge in [0.25, 0.3) is 6.01 Å². The van der Waals surface area contributed by atoms with Gasteiger partial charge >= 0.3 is 0 Å². The van der Waals surface area contributed by atoms with E-state index in [-0.39, 0.29) is 5.58 Å². The Bertz CT molecular complexity index is 450. The first kappa shape index (κ1) is 8.53. The second-order valence-electron chi connectivity index (χ2n) is 2.64. The minimum absolute atomic E-state index is 0.250. The molecule has 0 atom stereocenters. The second-order valence-corrected chi connectivity index (χ2v) is 3.05. The summed E-state index contributed by atoms with van der Waals surface area (Å²) in [4.78, 5) is 0. The molecule has 0 saturated carbocycles. The number of benzene rings is 1. The molecule has 1 aromatic carbocycles.